The molecule has 4 rings (SSSR count). The molecular weight excluding hydrogens is 330 g/mol. The molecule has 0 saturated heterocycles. The summed E-state index contributed by atoms with van der Waals surface area (Å²) in [5.41, 5.74) is 5.04. The number of fused-ring (bicyclic) bond motifs is 1. The van der Waals surface area contributed by atoms with Crippen LogP contribution in [0.3, 0.4) is 0 Å². The van der Waals surface area contributed by atoms with E-state index in [-0.39, 0.29) is 17.4 Å². The predicted octanol–water partition coefficient (Wildman–Crippen LogP) is 2.35. The number of rotatable bonds is 2. The summed E-state index contributed by atoms with van der Waals surface area (Å²) < 4.78 is 1.58. The molecule has 26 heavy (non-hydrogen) atoms. The van der Waals surface area contributed by atoms with Crippen molar-refractivity contribution in [3.8, 4) is 5.82 Å². The molecular formula is C19H19N5O2. The Labute approximate surface area is 150 Å². The van der Waals surface area contributed by atoms with Crippen molar-refractivity contribution in [1.29, 1.82) is 0 Å². The maximum absolute atomic E-state index is 12.4. The minimum atomic E-state index is -0.288. The molecule has 7 nitrogen and oxygen atoms in total. The van der Waals surface area contributed by atoms with E-state index in [0.717, 1.165) is 16.8 Å². The monoisotopic (exact) mass is 349 g/mol. The molecule has 0 aliphatic carbocycles. The summed E-state index contributed by atoms with van der Waals surface area (Å²) in [5, 5.41) is 13.9. The van der Waals surface area contributed by atoms with Crippen molar-refractivity contribution >= 4 is 11.7 Å². The van der Waals surface area contributed by atoms with Crippen LogP contribution in [0.1, 0.15) is 40.3 Å². The summed E-state index contributed by atoms with van der Waals surface area (Å²) in [7, 11) is 0. The fourth-order valence-electron chi connectivity index (χ4n) is 3.43. The summed E-state index contributed by atoms with van der Waals surface area (Å²) in [6.45, 7) is 6.07. The van der Waals surface area contributed by atoms with Gasteiger partial charge in [-0.05, 0) is 43.5 Å². The fraction of sp³-hybridized carbons (Fsp3) is 0.263. The van der Waals surface area contributed by atoms with E-state index >= 15 is 0 Å². The predicted molar refractivity (Wildman–Crippen MR) is 97.7 cm³/mol. The molecule has 0 fully saturated rings. The lowest BCUT2D eigenvalue weighted by Gasteiger charge is -2.24. The maximum Gasteiger partial charge on any atom is 0.264 e. The van der Waals surface area contributed by atoms with Crippen LogP contribution in [0.25, 0.3) is 5.82 Å². The smallest absolute Gasteiger partial charge is 0.264 e. The quantitative estimate of drug-likeness (QED) is 0.743. The Kier molecular flexibility index (Phi) is 3.72. The number of H-pyrrole nitrogens is 1. The number of hydrogen-bond acceptors (Lipinski definition) is 4. The number of carbonyl (C=O) groups excluding carboxylic acids is 1. The number of aromatic nitrogens is 4. The highest BCUT2D eigenvalue weighted by Gasteiger charge is 2.33. The average molecular weight is 349 g/mol. The Morgan fingerprint density at radius 2 is 1.88 bits per heavy atom. The summed E-state index contributed by atoms with van der Waals surface area (Å²) >= 11 is 0. The SMILES string of the molecule is Cc1ccc([C@H]2CC(=O)Nc3c2c(C)nn3-c2ccc(=O)[nH]n2)cc1C. The largest absolute Gasteiger partial charge is 0.310 e. The molecule has 1 aromatic carbocycles. The number of benzene rings is 1. The van der Waals surface area contributed by atoms with Gasteiger partial charge in [0, 0.05) is 24.0 Å². The summed E-state index contributed by atoms with van der Waals surface area (Å²) in [4.78, 5) is 23.7. The Bertz CT molecular complexity index is 1060. The van der Waals surface area contributed by atoms with Crippen LogP contribution in [0.4, 0.5) is 5.82 Å². The molecule has 1 atom stereocenters. The molecule has 132 valence electrons. The third kappa shape index (κ3) is 2.61. The summed E-state index contributed by atoms with van der Waals surface area (Å²) in [6.07, 6.45) is 0.376. The number of aromatic amines is 1. The lowest BCUT2D eigenvalue weighted by atomic mass is 9.84. The highest BCUT2D eigenvalue weighted by molar-refractivity contribution is 5.95. The van der Waals surface area contributed by atoms with Crippen LogP contribution in [-0.2, 0) is 4.79 Å². The van der Waals surface area contributed by atoms with Gasteiger partial charge in [-0.1, -0.05) is 18.2 Å². The maximum atomic E-state index is 12.4. The normalized spacial score (nSPS) is 16.3. The number of amides is 1. The Balaban J connectivity index is 1.88. The molecule has 1 aliphatic rings. The highest BCUT2D eigenvalue weighted by Crippen LogP contribution is 2.40. The van der Waals surface area contributed by atoms with Gasteiger partial charge in [0.1, 0.15) is 5.82 Å². The molecule has 3 aromatic rings. The van der Waals surface area contributed by atoms with Crippen molar-refractivity contribution in [2.24, 2.45) is 0 Å². The standard InChI is InChI=1S/C19H19N5O2/c1-10-4-5-13(8-11(10)2)14-9-17(26)20-19-18(14)12(3)23-24(19)15-6-7-16(25)22-21-15/h4-8,14H,9H2,1-3H3,(H,20,26)(H,22,25)/t14-/m1/s1. The first kappa shape index (κ1) is 16.3. The average Bonchev–Trinajstić information content (AvgIpc) is 2.94. The first-order valence-electron chi connectivity index (χ1n) is 8.46. The minimum absolute atomic E-state index is 0.0606. The van der Waals surface area contributed by atoms with Crippen LogP contribution < -0.4 is 10.9 Å². The van der Waals surface area contributed by atoms with E-state index < -0.39 is 0 Å². The summed E-state index contributed by atoms with van der Waals surface area (Å²) in [5.74, 6) is 0.942. The van der Waals surface area contributed by atoms with Crippen molar-refractivity contribution in [3.05, 3.63) is 68.6 Å². The molecule has 0 unspecified atom stereocenters. The molecule has 0 radical (unpaired) electrons. The van der Waals surface area contributed by atoms with Gasteiger partial charge in [0.25, 0.3) is 5.56 Å². The number of aryl methyl sites for hydroxylation is 3. The van der Waals surface area contributed by atoms with E-state index in [2.05, 4.69) is 52.7 Å². The van der Waals surface area contributed by atoms with Gasteiger partial charge in [-0.25, -0.2) is 5.10 Å². The van der Waals surface area contributed by atoms with Crippen molar-refractivity contribution in [2.75, 3.05) is 5.32 Å². The second-order valence-corrected chi connectivity index (χ2v) is 6.69. The molecule has 1 amide bonds. The zero-order chi connectivity index (χ0) is 18.4. The third-order valence-electron chi connectivity index (χ3n) is 4.92. The van der Waals surface area contributed by atoms with E-state index in [0.29, 0.717) is 18.1 Å². The lowest BCUT2D eigenvalue weighted by Crippen LogP contribution is -2.25. The molecule has 7 heteroatoms. The van der Waals surface area contributed by atoms with E-state index in [1.54, 1.807) is 10.7 Å². The van der Waals surface area contributed by atoms with Crippen molar-refractivity contribution in [3.63, 3.8) is 0 Å². The van der Waals surface area contributed by atoms with E-state index in [4.69, 9.17) is 0 Å². The van der Waals surface area contributed by atoms with Gasteiger partial charge in [-0.15, -0.1) is 0 Å². The highest BCUT2D eigenvalue weighted by atomic mass is 16.1. The van der Waals surface area contributed by atoms with Crippen LogP contribution in [0, 0.1) is 20.8 Å². The fourth-order valence-corrected chi connectivity index (χ4v) is 3.43. The van der Waals surface area contributed by atoms with Crippen LogP contribution in [0.5, 0.6) is 0 Å². The summed E-state index contributed by atoms with van der Waals surface area (Å²) in [6, 6.07) is 9.26. The zero-order valence-electron chi connectivity index (χ0n) is 14.8. The van der Waals surface area contributed by atoms with E-state index in [1.807, 2.05) is 6.92 Å². The molecule has 2 N–H and O–H groups in total. The lowest BCUT2D eigenvalue weighted by molar-refractivity contribution is -0.116. The minimum Gasteiger partial charge on any atom is -0.310 e. The second-order valence-electron chi connectivity index (χ2n) is 6.69. The third-order valence-corrected chi connectivity index (χ3v) is 4.92. The molecule has 0 spiro atoms. The van der Waals surface area contributed by atoms with Crippen molar-refractivity contribution < 1.29 is 4.79 Å². The molecule has 1 aliphatic heterocycles. The van der Waals surface area contributed by atoms with Crippen LogP contribution in [0.15, 0.2) is 35.1 Å². The van der Waals surface area contributed by atoms with Gasteiger partial charge in [0.15, 0.2) is 5.82 Å². The zero-order valence-corrected chi connectivity index (χ0v) is 14.8. The van der Waals surface area contributed by atoms with E-state index in [1.165, 1.54) is 17.2 Å². The van der Waals surface area contributed by atoms with Gasteiger partial charge in [-0.3, -0.25) is 9.59 Å². The number of carbonyl (C=O) groups is 1. The van der Waals surface area contributed by atoms with Gasteiger partial charge < -0.3 is 5.32 Å². The van der Waals surface area contributed by atoms with Gasteiger partial charge >= 0.3 is 0 Å². The van der Waals surface area contributed by atoms with Gasteiger partial charge in [0.2, 0.25) is 5.91 Å². The number of hydrogen-bond donors (Lipinski definition) is 2. The van der Waals surface area contributed by atoms with Crippen LogP contribution in [-0.4, -0.2) is 25.9 Å². The van der Waals surface area contributed by atoms with Crippen molar-refractivity contribution in [2.45, 2.75) is 33.1 Å². The number of nitrogens with one attached hydrogen (secondary N) is 2. The van der Waals surface area contributed by atoms with Gasteiger partial charge in [0.05, 0.1) is 5.69 Å². The Morgan fingerprint density at radius 3 is 2.58 bits per heavy atom. The molecule has 2 aromatic heterocycles. The van der Waals surface area contributed by atoms with Crippen LogP contribution in [0.2, 0.25) is 0 Å². The molecule has 0 bridgehead atoms. The van der Waals surface area contributed by atoms with Crippen LogP contribution >= 0.6 is 0 Å². The first-order chi connectivity index (χ1) is 12.4. The molecule has 3 heterocycles. The topological polar surface area (TPSA) is 92.7 Å². The Morgan fingerprint density at radius 1 is 1.08 bits per heavy atom. The number of anilines is 1. The van der Waals surface area contributed by atoms with Gasteiger partial charge in [-0.2, -0.15) is 14.9 Å². The first-order valence-corrected chi connectivity index (χ1v) is 8.46. The molecule has 0 saturated carbocycles. The Hall–Kier alpha value is -3.22. The second kappa shape index (κ2) is 5.94. The van der Waals surface area contributed by atoms with Crippen molar-refractivity contribution in [1.82, 2.24) is 20.0 Å². The van der Waals surface area contributed by atoms with E-state index in [9.17, 15) is 9.59 Å². The number of nitrogens with zero attached hydrogens (tertiary/aromatic N) is 3.